The summed E-state index contributed by atoms with van der Waals surface area (Å²) in [6.45, 7) is 36.4. The first kappa shape index (κ1) is 97.3. The van der Waals surface area contributed by atoms with Gasteiger partial charge in [0.1, 0.15) is 65.4 Å². The number of alkyl carbamates (subject to hydrolysis) is 1. The molecule has 0 aliphatic carbocycles. The molecule has 0 saturated carbocycles. The number of aromatic nitrogens is 8. The second kappa shape index (κ2) is 45.5. The zero-order chi connectivity index (χ0) is 80.4. The van der Waals surface area contributed by atoms with Crippen LogP contribution in [0.5, 0.6) is 0 Å². The number of aromatic amines is 4. The number of ether oxygens (including phenoxy) is 5. The number of hydrogen-bond acceptors (Lipinski definition) is 21. The van der Waals surface area contributed by atoms with Gasteiger partial charge in [0.05, 0.1) is 57.1 Å². The van der Waals surface area contributed by atoms with E-state index in [1.807, 2.05) is 128 Å². The summed E-state index contributed by atoms with van der Waals surface area (Å²) in [5.74, 6) is 3.21. The Morgan fingerprint density at radius 1 is 0.524 bits per heavy atom. The predicted molar refractivity (Wildman–Crippen MR) is 426 cm³/mol. The summed E-state index contributed by atoms with van der Waals surface area (Å²) in [6, 6.07) is -0.273. The average Bonchev–Trinajstić information content (AvgIpc) is 1.69. The number of H-pyrrole nitrogens is 4. The zero-order valence-electron chi connectivity index (χ0n) is 64.4. The fourth-order valence-electron chi connectivity index (χ4n) is 11.8. The molecule has 9 rings (SSSR count). The van der Waals surface area contributed by atoms with E-state index in [1.165, 1.54) is 55.6 Å². The van der Waals surface area contributed by atoms with Crippen molar-refractivity contribution in [1.29, 1.82) is 0 Å². The van der Waals surface area contributed by atoms with Crippen LogP contribution >= 0.6 is 90.4 Å². The molecule has 5 N–H and O–H groups in total. The van der Waals surface area contributed by atoms with Crippen LogP contribution in [-0.2, 0) is 53.5 Å². The molecule has 105 heavy (non-hydrogen) atoms. The van der Waals surface area contributed by atoms with Crippen molar-refractivity contribution in [3.63, 3.8) is 0 Å². The number of carbonyl (C=O) groups excluding carboxylic acids is 9. The van der Waals surface area contributed by atoms with Gasteiger partial charge >= 0.3 is 84.7 Å². The van der Waals surface area contributed by atoms with Crippen LogP contribution in [0.25, 0.3) is 0 Å². The first-order chi connectivity index (χ1) is 48.7. The summed E-state index contributed by atoms with van der Waals surface area (Å²) in [7, 11) is -1.82. The number of imidazole rings is 4. The second-order valence-corrected chi connectivity index (χ2v) is 34.3. The molecule has 4 aromatic heterocycles. The third kappa shape index (κ3) is 33.0. The first-order valence-electron chi connectivity index (χ1n) is 34.8. The van der Waals surface area contributed by atoms with Crippen molar-refractivity contribution >= 4 is 200 Å². The number of carbonyl (C=O) groups is 9. The molecule has 5 aliphatic heterocycles. The molecule has 5 saturated heterocycles. The minimum atomic E-state index is -3.11. The van der Waals surface area contributed by atoms with Gasteiger partial charge in [0.15, 0.2) is 12.6 Å². The second-order valence-electron chi connectivity index (χ2n) is 29.5. The normalized spacial score (nSPS) is 22.0. The molecule has 0 bridgehead atoms. The Hall–Kier alpha value is -3.79. The van der Waals surface area contributed by atoms with Crippen molar-refractivity contribution in [2.75, 3.05) is 7.11 Å². The van der Waals surface area contributed by atoms with E-state index in [0.29, 0.717) is 0 Å². The van der Waals surface area contributed by atoms with E-state index in [0.717, 1.165) is 109 Å². The molecule has 0 aromatic carbocycles. The minimum absolute atomic E-state index is 0.00449. The molecule has 0 radical (unpaired) electrons. The molecule has 5 aliphatic rings. The molecule has 0 unspecified atom stereocenters. The van der Waals surface area contributed by atoms with Gasteiger partial charge in [-0.15, -0.1) is 12.6 Å². The summed E-state index contributed by atoms with van der Waals surface area (Å²) in [6.07, 6.45) is 15.6. The van der Waals surface area contributed by atoms with E-state index < -0.39 is 45.1 Å². The van der Waals surface area contributed by atoms with Gasteiger partial charge in [-0.1, -0.05) is 13.8 Å². The summed E-state index contributed by atoms with van der Waals surface area (Å²) in [4.78, 5) is 141. The molecule has 0 spiro atoms. The molecule has 38 heteroatoms. The molecule has 11 atom stereocenters. The van der Waals surface area contributed by atoms with Gasteiger partial charge in [-0.25, -0.2) is 43.9 Å². The Kier molecular flexibility index (Phi) is 42.2. The van der Waals surface area contributed by atoms with Gasteiger partial charge < -0.3 is 58.6 Å². The third-order valence-electron chi connectivity index (χ3n) is 16.2. The van der Waals surface area contributed by atoms with E-state index >= 15 is 0 Å². The van der Waals surface area contributed by atoms with Gasteiger partial charge in [-0.2, -0.15) is 0 Å². The molecular formula is C67H104I4N14Na2O17S. The van der Waals surface area contributed by atoms with E-state index in [-0.39, 0.29) is 109 Å². The average molecular weight is 1960 g/mol. The van der Waals surface area contributed by atoms with Gasteiger partial charge in [0.25, 0.3) is 0 Å². The number of halogens is 4. The number of nitrogens with one attached hydrogen (secondary N) is 5. The summed E-state index contributed by atoms with van der Waals surface area (Å²) < 4.78 is 55.6. The molecule has 31 nitrogen and oxygen atoms in total. The van der Waals surface area contributed by atoms with Crippen molar-refractivity contribution in [2.24, 2.45) is 5.92 Å². The van der Waals surface area contributed by atoms with Crippen LogP contribution in [0.3, 0.4) is 0 Å². The predicted octanol–water partition coefficient (Wildman–Crippen LogP) is 12.5. The Labute approximate surface area is 701 Å². The van der Waals surface area contributed by atoms with Crippen LogP contribution in [0.2, 0.25) is 0 Å². The van der Waals surface area contributed by atoms with Gasteiger partial charge in [0, 0.05) is 42.6 Å². The Bertz CT molecular complexity index is 3520. The first-order valence-corrected chi connectivity index (χ1v) is 48.1. The number of methoxy groups -OCH3 is 1. The molecule has 580 valence electrons. The number of hydrogen-bond donors (Lipinski definition) is 5. The van der Waals surface area contributed by atoms with Crippen LogP contribution in [0, 0.1) is 20.7 Å². The fraction of sp³-hybridized carbons (Fsp3) is 0.687. The summed E-state index contributed by atoms with van der Waals surface area (Å²) in [5, 5.41) is 2.66. The van der Waals surface area contributed by atoms with E-state index in [2.05, 4.69) is 154 Å². The van der Waals surface area contributed by atoms with Crippen LogP contribution < -0.4 is 5.32 Å². The van der Waals surface area contributed by atoms with E-state index in [1.54, 1.807) is 34.6 Å². The number of aldehydes is 3. The Morgan fingerprint density at radius 3 is 1.15 bits per heavy atom. The van der Waals surface area contributed by atoms with Gasteiger partial charge in [-0.05, 0) is 278 Å². The summed E-state index contributed by atoms with van der Waals surface area (Å²) >= 11 is 11.7. The van der Waals surface area contributed by atoms with Crippen molar-refractivity contribution in [3.8, 4) is 0 Å². The van der Waals surface area contributed by atoms with E-state index in [4.69, 9.17) is 41.2 Å². The maximum absolute atomic E-state index is 13.1. The standard InChI is InChI=1S/C15H23IN4O3.C13H19I2N3O2.C13H20IN3O2.C13H21N3O2.C11H19NO3.C2H2O2.2Na.O3S/c1-8(2)12(19-15(22)23-4)14(21)20-9(3)5-6-10(20)13-17-7-11(16)18-13;1-7-5-6-8(11-16-9(14)10(15)17-11)18(7)12(19)20-13(2,3)4;1-8-5-6-9(11-15-7-10(14)16-11)17(8)12(18)19-13(2,3)4;1-9-5-6-10(11-14-7-8-15-11)16(9)12(17)18-13(2,3)4;1-8-5-6-9(7-13)12(8)10(14)15-11(2,3)4;3-1-2-4;;;1-4(2)3/h7-10,12H,5-6H2,1-4H3,(H,17,18)(H,19,22);7-8H,5-6H2,1-4H3,(H,16,17);7-9H,5-6H2,1-4H3,(H,15,16);7-10H,5-6H2,1-4H3,(H,14,15);7-9H,5-6H2,1-4H3;1-2H;;;/t9-,10-,12-;7-,8-;8-,9-;9-,10-;8-,9-;;;;/m00000..../s1. The number of likely N-dealkylation sites (tertiary alicyclic amines) is 5. The maximum atomic E-state index is 13.1. The molecule has 5 fully saturated rings. The Morgan fingerprint density at radius 2 is 0.857 bits per heavy atom. The third-order valence-corrected chi connectivity index (χ3v) is 19.9. The molecule has 4 aromatic rings. The van der Waals surface area contributed by atoms with E-state index in [9.17, 15) is 33.6 Å². The molecular weight excluding hydrogens is 1860 g/mol. The monoisotopic (exact) mass is 1960 g/mol. The van der Waals surface area contributed by atoms with Crippen LogP contribution in [0.1, 0.15) is 243 Å². The van der Waals surface area contributed by atoms with Gasteiger partial charge in [0.2, 0.25) is 5.91 Å². The number of rotatable bonds is 9. The SMILES string of the molecule is COC(=O)N[C@H](C(=O)N1[C@@H](C)CC[C@H]1c1ncc(I)[nH]1)C(C)C.C[C@H]1CC[C@@H](C=O)N1C(=O)OC(C)(C)C.C[C@H]1CC[C@@H](c2nc(I)c(I)[nH]2)N1C(=O)OC(C)(C)C.C[C@H]1CC[C@@H](c2ncc(I)[nH]2)N1C(=O)OC(C)(C)C.C[C@H]1CC[C@@H](c2ncc[nH]2)N1C(=O)OC(C)(C)C.O=CC=O.O=S(=O)=O.[Na][Na]. The van der Waals surface area contributed by atoms with Crippen LogP contribution in [0.15, 0.2) is 24.8 Å². The number of amides is 6. The quantitative estimate of drug-likeness (QED) is 0.0341. The van der Waals surface area contributed by atoms with Gasteiger partial charge in [-0.3, -0.25) is 34.0 Å². The van der Waals surface area contributed by atoms with Crippen LogP contribution in [0.4, 0.5) is 24.0 Å². The summed E-state index contributed by atoms with van der Waals surface area (Å²) in [5.41, 5.74) is -1.92. The van der Waals surface area contributed by atoms with Crippen molar-refractivity contribution < 1.29 is 79.5 Å². The van der Waals surface area contributed by atoms with Crippen molar-refractivity contribution in [2.45, 2.75) is 285 Å². The number of nitrogens with zero attached hydrogens (tertiary/aromatic N) is 9. The van der Waals surface area contributed by atoms with Crippen LogP contribution in [-0.4, -0.2) is 248 Å². The Balaban J connectivity index is 0.000000433. The van der Waals surface area contributed by atoms with Crippen molar-refractivity contribution in [3.05, 3.63) is 62.9 Å². The fourth-order valence-corrected chi connectivity index (χ4v) is 13.4. The topological polar surface area (TPSA) is 394 Å². The zero-order valence-corrected chi connectivity index (χ0v) is 77.9. The molecule has 6 amide bonds. The molecule has 9 heterocycles. The van der Waals surface area contributed by atoms with Crippen molar-refractivity contribution in [1.82, 2.24) is 69.7 Å².